The first-order chi connectivity index (χ1) is 8.08. The van der Waals surface area contributed by atoms with Gasteiger partial charge in [-0.1, -0.05) is 23.7 Å². The number of benzene rings is 2. The fourth-order valence-electron chi connectivity index (χ4n) is 1.41. The van der Waals surface area contributed by atoms with Crippen molar-refractivity contribution in [2.24, 2.45) is 0 Å². The van der Waals surface area contributed by atoms with Crippen LogP contribution in [0.5, 0.6) is 11.5 Å². The van der Waals surface area contributed by atoms with Crippen molar-refractivity contribution in [1.29, 1.82) is 0 Å². The van der Waals surface area contributed by atoms with Gasteiger partial charge in [-0.2, -0.15) is 0 Å². The van der Waals surface area contributed by atoms with Crippen LogP contribution in [0.4, 0.5) is 10.1 Å². The number of para-hydroxylation sites is 1. The molecule has 0 aliphatic carbocycles. The monoisotopic (exact) mass is 251 g/mol. The number of hydrogen-bond acceptors (Lipinski definition) is 2. The molecule has 0 amide bonds. The SMILES string of the molecule is Cc1ccc(F)c(Oc2cccc(Cl)c2N)c1. The third-order valence-electron chi connectivity index (χ3n) is 2.32. The summed E-state index contributed by atoms with van der Waals surface area (Å²) in [4.78, 5) is 0. The van der Waals surface area contributed by atoms with Crippen molar-refractivity contribution in [2.75, 3.05) is 5.73 Å². The highest BCUT2D eigenvalue weighted by Gasteiger charge is 2.09. The average molecular weight is 252 g/mol. The minimum absolute atomic E-state index is 0.138. The zero-order valence-electron chi connectivity index (χ0n) is 9.21. The second-order valence-electron chi connectivity index (χ2n) is 3.69. The van der Waals surface area contributed by atoms with Crippen LogP contribution in [-0.4, -0.2) is 0 Å². The molecule has 0 unspecified atom stereocenters. The van der Waals surface area contributed by atoms with E-state index in [-0.39, 0.29) is 5.75 Å². The fraction of sp³-hybridized carbons (Fsp3) is 0.0769. The van der Waals surface area contributed by atoms with E-state index >= 15 is 0 Å². The predicted octanol–water partition coefficient (Wildman–Crippen LogP) is 4.16. The van der Waals surface area contributed by atoms with Crippen LogP contribution in [0.3, 0.4) is 0 Å². The maximum atomic E-state index is 13.5. The van der Waals surface area contributed by atoms with E-state index in [1.54, 1.807) is 30.3 Å². The molecular formula is C13H11ClFNO. The maximum absolute atomic E-state index is 13.5. The van der Waals surface area contributed by atoms with Gasteiger partial charge in [-0.3, -0.25) is 0 Å². The van der Waals surface area contributed by atoms with E-state index in [9.17, 15) is 4.39 Å². The van der Waals surface area contributed by atoms with Gasteiger partial charge >= 0.3 is 0 Å². The molecule has 0 heterocycles. The Kier molecular flexibility index (Phi) is 3.20. The summed E-state index contributed by atoms with van der Waals surface area (Å²) in [5, 5.41) is 0.385. The van der Waals surface area contributed by atoms with Crippen LogP contribution < -0.4 is 10.5 Å². The number of anilines is 1. The third-order valence-corrected chi connectivity index (χ3v) is 2.65. The van der Waals surface area contributed by atoms with Crippen molar-refractivity contribution in [2.45, 2.75) is 6.92 Å². The molecule has 0 aliphatic rings. The molecule has 0 bridgehead atoms. The molecule has 0 saturated heterocycles. The van der Waals surface area contributed by atoms with Crippen molar-refractivity contribution in [3.63, 3.8) is 0 Å². The van der Waals surface area contributed by atoms with Crippen molar-refractivity contribution in [3.8, 4) is 11.5 Å². The Morgan fingerprint density at radius 2 is 1.94 bits per heavy atom. The number of halogens is 2. The highest BCUT2D eigenvalue weighted by atomic mass is 35.5. The van der Waals surface area contributed by atoms with Crippen LogP contribution in [0.1, 0.15) is 5.56 Å². The van der Waals surface area contributed by atoms with Crippen LogP contribution in [-0.2, 0) is 0 Å². The normalized spacial score (nSPS) is 10.3. The summed E-state index contributed by atoms with van der Waals surface area (Å²) in [6, 6.07) is 9.62. The van der Waals surface area contributed by atoms with E-state index in [1.807, 2.05) is 6.92 Å². The number of hydrogen-bond donors (Lipinski definition) is 1. The summed E-state index contributed by atoms with van der Waals surface area (Å²) in [6.45, 7) is 1.85. The first-order valence-electron chi connectivity index (χ1n) is 5.06. The average Bonchev–Trinajstić information content (AvgIpc) is 2.30. The van der Waals surface area contributed by atoms with Gasteiger partial charge in [-0.15, -0.1) is 0 Å². The van der Waals surface area contributed by atoms with Gasteiger partial charge in [0.1, 0.15) is 0 Å². The molecule has 0 atom stereocenters. The van der Waals surface area contributed by atoms with E-state index in [1.165, 1.54) is 6.07 Å². The number of nitrogen functional groups attached to an aromatic ring is 1. The van der Waals surface area contributed by atoms with Gasteiger partial charge < -0.3 is 10.5 Å². The maximum Gasteiger partial charge on any atom is 0.165 e. The Morgan fingerprint density at radius 1 is 1.18 bits per heavy atom. The fourth-order valence-corrected chi connectivity index (χ4v) is 1.58. The van der Waals surface area contributed by atoms with Gasteiger partial charge in [-0.25, -0.2) is 4.39 Å². The summed E-state index contributed by atoms with van der Waals surface area (Å²) in [6.07, 6.45) is 0. The van der Waals surface area contributed by atoms with Crippen LogP contribution in [0.25, 0.3) is 0 Å². The number of nitrogens with two attached hydrogens (primary N) is 1. The Morgan fingerprint density at radius 3 is 2.71 bits per heavy atom. The minimum atomic E-state index is -0.435. The Hall–Kier alpha value is -1.74. The Bertz CT molecular complexity index is 557. The van der Waals surface area contributed by atoms with Crippen LogP contribution >= 0.6 is 11.6 Å². The second-order valence-corrected chi connectivity index (χ2v) is 4.09. The van der Waals surface area contributed by atoms with E-state index in [0.29, 0.717) is 16.5 Å². The molecule has 2 N–H and O–H groups in total. The smallest absolute Gasteiger partial charge is 0.165 e. The minimum Gasteiger partial charge on any atom is -0.452 e. The highest BCUT2D eigenvalue weighted by molar-refractivity contribution is 6.33. The Balaban J connectivity index is 2.38. The molecule has 17 heavy (non-hydrogen) atoms. The standard InChI is InChI=1S/C13H11ClFNO/c1-8-5-6-10(15)12(7-8)17-11-4-2-3-9(14)13(11)16/h2-7H,16H2,1H3. The van der Waals surface area contributed by atoms with E-state index < -0.39 is 5.82 Å². The number of aryl methyl sites for hydroxylation is 1. The molecule has 2 aromatic carbocycles. The van der Waals surface area contributed by atoms with Gasteiger partial charge in [-0.05, 0) is 36.8 Å². The molecule has 0 spiro atoms. The van der Waals surface area contributed by atoms with Crippen molar-refractivity contribution in [1.82, 2.24) is 0 Å². The van der Waals surface area contributed by atoms with E-state index in [0.717, 1.165) is 5.56 Å². The Labute approximate surface area is 104 Å². The lowest BCUT2D eigenvalue weighted by Gasteiger charge is -2.10. The first-order valence-corrected chi connectivity index (χ1v) is 5.43. The van der Waals surface area contributed by atoms with Crippen LogP contribution in [0.15, 0.2) is 36.4 Å². The molecule has 0 fully saturated rings. The second kappa shape index (κ2) is 4.63. The number of ether oxygens (including phenoxy) is 1. The topological polar surface area (TPSA) is 35.2 Å². The van der Waals surface area contributed by atoms with Gasteiger partial charge in [0.25, 0.3) is 0 Å². The van der Waals surface area contributed by atoms with E-state index in [4.69, 9.17) is 22.1 Å². The molecular weight excluding hydrogens is 241 g/mol. The lowest BCUT2D eigenvalue weighted by Crippen LogP contribution is -1.94. The lowest BCUT2D eigenvalue weighted by molar-refractivity contribution is 0.443. The molecule has 0 aliphatic heterocycles. The summed E-state index contributed by atoms with van der Waals surface area (Å²) >= 11 is 5.85. The lowest BCUT2D eigenvalue weighted by atomic mass is 10.2. The summed E-state index contributed by atoms with van der Waals surface area (Å²) in [7, 11) is 0. The van der Waals surface area contributed by atoms with Gasteiger partial charge in [0.15, 0.2) is 17.3 Å². The predicted molar refractivity (Wildman–Crippen MR) is 67.1 cm³/mol. The van der Waals surface area contributed by atoms with Crippen LogP contribution in [0.2, 0.25) is 5.02 Å². The largest absolute Gasteiger partial charge is 0.452 e. The zero-order valence-corrected chi connectivity index (χ0v) is 9.96. The zero-order chi connectivity index (χ0) is 12.4. The molecule has 88 valence electrons. The molecule has 2 rings (SSSR count). The summed E-state index contributed by atoms with van der Waals surface area (Å²) < 4.78 is 18.9. The molecule has 0 saturated carbocycles. The van der Waals surface area contributed by atoms with E-state index in [2.05, 4.69) is 0 Å². The molecule has 2 nitrogen and oxygen atoms in total. The summed E-state index contributed by atoms with van der Waals surface area (Å²) in [5.74, 6) is 0.0518. The number of rotatable bonds is 2. The molecule has 2 aromatic rings. The highest BCUT2D eigenvalue weighted by Crippen LogP contribution is 2.33. The molecule has 0 radical (unpaired) electrons. The molecule has 4 heteroatoms. The van der Waals surface area contributed by atoms with Crippen molar-refractivity contribution < 1.29 is 9.13 Å². The third kappa shape index (κ3) is 2.50. The van der Waals surface area contributed by atoms with Gasteiger partial charge in [0.2, 0.25) is 0 Å². The van der Waals surface area contributed by atoms with Crippen molar-refractivity contribution in [3.05, 3.63) is 52.8 Å². The quantitative estimate of drug-likeness (QED) is 0.814. The van der Waals surface area contributed by atoms with Crippen LogP contribution in [0, 0.1) is 12.7 Å². The molecule has 0 aromatic heterocycles. The summed E-state index contributed by atoms with van der Waals surface area (Å²) in [5.41, 5.74) is 6.94. The van der Waals surface area contributed by atoms with Crippen molar-refractivity contribution >= 4 is 17.3 Å². The van der Waals surface area contributed by atoms with Gasteiger partial charge in [0.05, 0.1) is 10.7 Å². The van der Waals surface area contributed by atoms with Gasteiger partial charge in [0, 0.05) is 0 Å². The first kappa shape index (κ1) is 11.7.